The van der Waals surface area contributed by atoms with Gasteiger partial charge in [0.25, 0.3) is 0 Å². The SMILES string of the molecule is CCC1CCCCc2c1c1cccc(C(=O)O)c1n2Cc1cccc(C#N)c1. The van der Waals surface area contributed by atoms with E-state index in [0.717, 1.165) is 42.1 Å². The molecule has 4 heteroatoms. The molecule has 0 fully saturated rings. The molecule has 1 atom stereocenters. The average molecular weight is 372 g/mol. The average Bonchev–Trinajstić information content (AvgIpc) is 2.88. The highest BCUT2D eigenvalue weighted by atomic mass is 16.4. The number of aromatic nitrogens is 1. The smallest absolute Gasteiger partial charge is 0.337 e. The molecule has 0 radical (unpaired) electrons. The van der Waals surface area contributed by atoms with E-state index >= 15 is 0 Å². The molecule has 1 aromatic heterocycles. The van der Waals surface area contributed by atoms with Gasteiger partial charge in [-0.05, 0) is 60.9 Å². The van der Waals surface area contributed by atoms with Crippen LogP contribution in [0.15, 0.2) is 42.5 Å². The molecule has 3 aromatic rings. The van der Waals surface area contributed by atoms with Gasteiger partial charge in [0.2, 0.25) is 0 Å². The van der Waals surface area contributed by atoms with Crippen LogP contribution in [-0.2, 0) is 13.0 Å². The van der Waals surface area contributed by atoms with Crippen molar-refractivity contribution in [2.24, 2.45) is 0 Å². The van der Waals surface area contributed by atoms with Crippen LogP contribution in [0.5, 0.6) is 0 Å². The summed E-state index contributed by atoms with van der Waals surface area (Å²) < 4.78 is 2.21. The quantitative estimate of drug-likeness (QED) is 0.617. The maximum atomic E-state index is 12.0. The van der Waals surface area contributed by atoms with E-state index in [1.807, 2.05) is 24.3 Å². The molecule has 1 heterocycles. The second-order valence-electron chi connectivity index (χ2n) is 7.62. The van der Waals surface area contributed by atoms with Crippen molar-refractivity contribution in [3.63, 3.8) is 0 Å². The normalized spacial score (nSPS) is 16.4. The van der Waals surface area contributed by atoms with Crippen molar-refractivity contribution in [3.05, 3.63) is 70.4 Å². The monoisotopic (exact) mass is 372 g/mol. The van der Waals surface area contributed by atoms with Gasteiger partial charge in [-0.2, -0.15) is 5.26 Å². The van der Waals surface area contributed by atoms with E-state index in [0.29, 0.717) is 23.6 Å². The molecule has 4 nitrogen and oxygen atoms in total. The zero-order valence-electron chi connectivity index (χ0n) is 16.1. The van der Waals surface area contributed by atoms with E-state index in [1.165, 1.54) is 17.7 Å². The van der Waals surface area contributed by atoms with E-state index in [-0.39, 0.29) is 0 Å². The lowest BCUT2D eigenvalue weighted by molar-refractivity contribution is 0.0698. The third-order valence-corrected chi connectivity index (χ3v) is 5.98. The van der Waals surface area contributed by atoms with E-state index in [1.54, 1.807) is 12.1 Å². The summed E-state index contributed by atoms with van der Waals surface area (Å²) in [6.45, 7) is 2.81. The lowest BCUT2D eigenvalue weighted by atomic mass is 9.91. The topological polar surface area (TPSA) is 66.0 Å². The van der Waals surface area contributed by atoms with Crippen LogP contribution in [0, 0.1) is 11.3 Å². The summed E-state index contributed by atoms with van der Waals surface area (Å²) in [6, 6.07) is 15.4. The molecule has 2 aromatic carbocycles. The molecular weight excluding hydrogens is 348 g/mol. The van der Waals surface area contributed by atoms with Gasteiger partial charge in [0, 0.05) is 17.6 Å². The standard InChI is InChI=1S/C24H24N2O2/c1-2-18-9-3-4-12-21-22(18)19-10-6-11-20(24(27)28)23(19)26(21)15-17-8-5-7-16(13-17)14-25/h5-8,10-11,13,18H,2-4,9,12,15H2,1H3,(H,27,28). The van der Waals surface area contributed by atoms with Gasteiger partial charge in [-0.25, -0.2) is 4.79 Å². The van der Waals surface area contributed by atoms with Crippen LogP contribution in [0.4, 0.5) is 0 Å². The van der Waals surface area contributed by atoms with Crippen LogP contribution in [-0.4, -0.2) is 15.6 Å². The fraction of sp³-hybridized carbons (Fsp3) is 0.333. The lowest BCUT2D eigenvalue weighted by Crippen LogP contribution is -2.08. The minimum absolute atomic E-state index is 0.358. The summed E-state index contributed by atoms with van der Waals surface area (Å²) in [5, 5.41) is 20.2. The number of aromatic carboxylic acids is 1. The fourth-order valence-electron chi connectivity index (χ4n) is 4.72. The molecule has 28 heavy (non-hydrogen) atoms. The van der Waals surface area contributed by atoms with Gasteiger partial charge in [0.1, 0.15) is 0 Å². The van der Waals surface area contributed by atoms with Gasteiger partial charge in [0.05, 0.1) is 22.7 Å². The van der Waals surface area contributed by atoms with Crippen LogP contribution in [0.3, 0.4) is 0 Å². The number of hydrogen-bond donors (Lipinski definition) is 1. The number of hydrogen-bond acceptors (Lipinski definition) is 2. The molecule has 4 rings (SSSR count). The summed E-state index contributed by atoms with van der Waals surface area (Å²) >= 11 is 0. The first kappa shape index (κ1) is 18.3. The van der Waals surface area contributed by atoms with Crippen molar-refractivity contribution in [2.75, 3.05) is 0 Å². The Bertz CT molecular complexity index is 1090. The number of fused-ring (bicyclic) bond motifs is 3. The first-order valence-electron chi connectivity index (χ1n) is 10.00. The maximum Gasteiger partial charge on any atom is 0.337 e. The minimum atomic E-state index is -0.890. The van der Waals surface area contributed by atoms with E-state index in [4.69, 9.17) is 0 Å². The third-order valence-electron chi connectivity index (χ3n) is 5.98. The van der Waals surface area contributed by atoms with Gasteiger partial charge in [-0.3, -0.25) is 0 Å². The number of carboxylic acid groups (broad SMARTS) is 1. The summed E-state index contributed by atoms with van der Waals surface area (Å²) in [5.74, 6) is -0.422. The van der Waals surface area contributed by atoms with Gasteiger partial charge in [0.15, 0.2) is 0 Å². The van der Waals surface area contributed by atoms with Gasteiger partial charge in [-0.15, -0.1) is 0 Å². The molecule has 142 valence electrons. The van der Waals surface area contributed by atoms with Gasteiger partial charge in [-0.1, -0.05) is 37.6 Å². The second-order valence-corrected chi connectivity index (χ2v) is 7.62. The third kappa shape index (κ3) is 3.07. The Morgan fingerprint density at radius 3 is 2.82 bits per heavy atom. The molecule has 1 aliphatic rings. The van der Waals surface area contributed by atoms with Crippen molar-refractivity contribution < 1.29 is 9.90 Å². The summed E-state index contributed by atoms with van der Waals surface area (Å²) in [6.07, 6.45) is 5.52. The summed E-state index contributed by atoms with van der Waals surface area (Å²) in [4.78, 5) is 12.0. The van der Waals surface area contributed by atoms with E-state index in [9.17, 15) is 15.2 Å². The van der Waals surface area contributed by atoms with Crippen molar-refractivity contribution in [3.8, 4) is 6.07 Å². The predicted molar refractivity (Wildman–Crippen MR) is 110 cm³/mol. The largest absolute Gasteiger partial charge is 0.478 e. The Morgan fingerprint density at radius 1 is 1.25 bits per heavy atom. The number of nitrogens with zero attached hydrogens (tertiary/aromatic N) is 2. The van der Waals surface area contributed by atoms with Crippen molar-refractivity contribution >= 4 is 16.9 Å². The van der Waals surface area contributed by atoms with Crippen LogP contribution >= 0.6 is 0 Å². The molecular formula is C24H24N2O2. The molecule has 0 spiro atoms. The number of para-hydroxylation sites is 1. The van der Waals surface area contributed by atoms with E-state index < -0.39 is 5.97 Å². The first-order chi connectivity index (χ1) is 13.6. The predicted octanol–water partition coefficient (Wildman–Crippen LogP) is 5.48. The van der Waals surface area contributed by atoms with Crippen molar-refractivity contribution in [1.82, 2.24) is 4.57 Å². The van der Waals surface area contributed by atoms with E-state index in [2.05, 4.69) is 23.6 Å². The number of carbonyl (C=O) groups is 1. The Hall–Kier alpha value is -3.06. The Morgan fingerprint density at radius 2 is 2.07 bits per heavy atom. The first-order valence-corrected chi connectivity index (χ1v) is 10.00. The van der Waals surface area contributed by atoms with Crippen LogP contribution in [0.25, 0.3) is 10.9 Å². The number of carboxylic acids is 1. The van der Waals surface area contributed by atoms with Crippen molar-refractivity contribution in [2.45, 2.75) is 51.5 Å². The summed E-state index contributed by atoms with van der Waals surface area (Å²) in [5.41, 5.74) is 5.45. The highest BCUT2D eigenvalue weighted by Gasteiger charge is 2.27. The molecule has 1 unspecified atom stereocenters. The van der Waals surface area contributed by atoms with Gasteiger partial charge >= 0.3 is 5.97 Å². The lowest BCUT2D eigenvalue weighted by Gasteiger charge is -2.14. The Labute approximate surface area is 165 Å². The Kier molecular flexibility index (Phi) is 4.92. The highest BCUT2D eigenvalue weighted by Crippen LogP contribution is 2.41. The number of benzene rings is 2. The maximum absolute atomic E-state index is 12.0. The molecule has 1 aliphatic carbocycles. The zero-order chi connectivity index (χ0) is 19.7. The number of nitriles is 1. The van der Waals surface area contributed by atoms with Crippen LogP contribution in [0.2, 0.25) is 0 Å². The molecule has 0 aliphatic heterocycles. The second kappa shape index (κ2) is 7.52. The molecule has 1 N–H and O–H groups in total. The highest BCUT2D eigenvalue weighted by molar-refractivity contribution is 6.04. The van der Waals surface area contributed by atoms with Crippen LogP contribution < -0.4 is 0 Å². The van der Waals surface area contributed by atoms with Crippen molar-refractivity contribution in [1.29, 1.82) is 5.26 Å². The van der Waals surface area contributed by atoms with Crippen LogP contribution in [0.1, 0.15) is 71.3 Å². The zero-order valence-corrected chi connectivity index (χ0v) is 16.1. The molecule has 0 saturated carbocycles. The molecule has 0 amide bonds. The molecule has 0 bridgehead atoms. The molecule has 0 saturated heterocycles. The summed E-state index contributed by atoms with van der Waals surface area (Å²) in [7, 11) is 0. The minimum Gasteiger partial charge on any atom is -0.478 e. The fourth-order valence-corrected chi connectivity index (χ4v) is 4.72. The Balaban J connectivity index is 1.99. The number of rotatable bonds is 4. The van der Waals surface area contributed by atoms with Gasteiger partial charge < -0.3 is 9.67 Å².